The van der Waals surface area contributed by atoms with Gasteiger partial charge in [-0.2, -0.15) is 5.26 Å². The average molecular weight is 370 g/mol. The Hall–Kier alpha value is -2.13. The molecule has 4 saturated heterocycles. The smallest absolute Gasteiger partial charge is 0.225 e. The van der Waals surface area contributed by atoms with E-state index in [9.17, 15) is 9.18 Å². The molecule has 2 bridgehead atoms. The van der Waals surface area contributed by atoms with Gasteiger partial charge in [0.05, 0.1) is 17.3 Å². The van der Waals surface area contributed by atoms with Gasteiger partial charge in [-0.3, -0.25) is 4.79 Å². The zero-order chi connectivity index (χ0) is 19.0. The highest BCUT2D eigenvalue weighted by Crippen LogP contribution is 2.32. The van der Waals surface area contributed by atoms with Crippen LogP contribution in [-0.2, 0) is 4.79 Å². The lowest BCUT2D eigenvalue weighted by molar-refractivity contribution is -0.140. The minimum atomic E-state index is -0.358. The molecular formula is C21H27FN4O. The standard InChI is InChI=1S/C21H27FN4O/c1-24(20-14-25-8-4-16(20)5-9-25)21(27)17-6-10-26(11-7-17)19-3-2-15(13-23)12-18(19)22/h2-3,12,16-17,20H,4-11,14H2,1H3. The highest BCUT2D eigenvalue weighted by atomic mass is 19.1. The largest absolute Gasteiger partial charge is 0.369 e. The van der Waals surface area contributed by atoms with Crippen molar-refractivity contribution in [3.63, 3.8) is 0 Å². The number of likely N-dealkylation sites (N-methyl/N-ethyl adjacent to an activating group) is 1. The SMILES string of the molecule is CN(C(=O)C1CCN(c2ccc(C#N)cc2F)CC1)C1CN2CCC1CC2. The molecule has 4 aliphatic heterocycles. The van der Waals surface area contributed by atoms with Gasteiger partial charge in [0.15, 0.2) is 0 Å². The number of hydrogen-bond donors (Lipinski definition) is 0. The maximum absolute atomic E-state index is 14.3. The van der Waals surface area contributed by atoms with Gasteiger partial charge in [0.2, 0.25) is 5.91 Å². The molecule has 5 nitrogen and oxygen atoms in total. The van der Waals surface area contributed by atoms with E-state index in [0.717, 1.165) is 19.4 Å². The van der Waals surface area contributed by atoms with E-state index >= 15 is 0 Å². The van der Waals surface area contributed by atoms with Gasteiger partial charge in [-0.05, 0) is 62.9 Å². The average Bonchev–Trinajstić information content (AvgIpc) is 2.73. The molecule has 1 amide bonds. The monoisotopic (exact) mass is 370 g/mol. The van der Waals surface area contributed by atoms with Crippen molar-refractivity contribution in [2.45, 2.75) is 31.7 Å². The van der Waals surface area contributed by atoms with E-state index in [4.69, 9.17) is 5.26 Å². The van der Waals surface area contributed by atoms with Crippen LogP contribution in [0.4, 0.5) is 10.1 Å². The molecule has 4 aliphatic rings. The van der Waals surface area contributed by atoms with E-state index in [1.54, 1.807) is 12.1 Å². The second-order valence-electron chi connectivity index (χ2n) is 8.19. The maximum Gasteiger partial charge on any atom is 0.225 e. The van der Waals surface area contributed by atoms with Gasteiger partial charge >= 0.3 is 0 Å². The summed E-state index contributed by atoms with van der Waals surface area (Å²) < 4.78 is 14.3. The second kappa shape index (κ2) is 7.47. The Kier molecular flexibility index (Phi) is 5.05. The maximum atomic E-state index is 14.3. The van der Waals surface area contributed by atoms with Crippen LogP contribution in [0.5, 0.6) is 0 Å². The number of benzene rings is 1. The lowest BCUT2D eigenvalue weighted by Crippen LogP contribution is -2.58. The molecule has 1 aromatic rings. The molecule has 5 rings (SSSR count). The first kappa shape index (κ1) is 18.2. The van der Waals surface area contributed by atoms with Gasteiger partial charge in [-0.1, -0.05) is 0 Å². The van der Waals surface area contributed by atoms with Crippen molar-refractivity contribution in [2.75, 3.05) is 44.7 Å². The van der Waals surface area contributed by atoms with Crippen LogP contribution in [0.2, 0.25) is 0 Å². The molecule has 0 radical (unpaired) electrons. The van der Waals surface area contributed by atoms with Crippen LogP contribution in [-0.4, -0.2) is 61.5 Å². The number of fused-ring (bicyclic) bond motifs is 3. The van der Waals surface area contributed by atoms with Crippen LogP contribution in [0.1, 0.15) is 31.2 Å². The molecule has 4 fully saturated rings. The zero-order valence-electron chi connectivity index (χ0n) is 15.9. The van der Waals surface area contributed by atoms with Crippen molar-refractivity contribution in [2.24, 2.45) is 11.8 Å². The summed E-state index contributed by atoms with van der Waals surface area (Å²) in [4.78, 5) is 19.5. The van der Waals surface area contributed by atoms with E-state index in [1.165, 1.54) is 32.0 Å². The third-order valence-corrected chi connectivity index (χ3v) is 6.73. The number of piperidine rings is 4. The second-order valence-corrected chi connectivity index (χ2v) is 8.19. The first-order valence-corrected chi connectivity index (χ1v) is 10.0. The third-order valence-electron chi connectivity index (χ3n) is 6.73. The fourth-order valence-corrected chi connectivity index (χ4v) is 5.02. The van der Waals surface area contributed by atoms with Crippen LogP contribution in [0.3, 0.4) is 0 Å². The Labute approximate surface area is 160 Å². The van der Waals surface area contributed by atoms with Crippen molar-refractivity contribution in [3.8, 4) is 6.07 Å². The Bertz CT molecular complexity index is 745. The van der Waals surface area contributed by atoms with Crippen LogP contribution in [0, 0.1) is 29.0 Å². The van der Waals surface area contributed by atoms with E-state index in [-0.39, 0.29) is 17.6 Å². The minimum absolute atomic E-state index is 0.0307. The molecule has 0 saturated carbocycles. The lowest BCUT2D eigenvalue weighted by Gasteiger charge is -2.49. The quantitative estimate of drug-likeness (QED) is 0.820. The number of carbonyl (C=O) groups excluding carboxylic acids is 1. The Morgan fingerprint density at radius 2 is 1.89 bits per heavy atom. The Balaban J connectivity index is 1.36. The van der Waals surface area contributed by atoms with Gasteiger partial charge in [-0.15, -0.1) is 0 Å². The number of rotatable bonds is 3. The molecular weight excluding hydrogens is 343 g/mol. The summed E-state index contributed by atoms with van der Waals surface area (Å²) in [6.45, 7) is 4.72. The summed E-state index contributed by atoms with van der Waals surface area (Å²) in [6, 6.07) is 6.93. The number of hydrogen-bond acceptors (Lipinski definition) is 4. The summed E-state index contributed by atoms with van der Waals surface area (Å²) in [5.74, 6) is 0.580. The van der Waals surface area contributed by atoms with Crippen molar-refractivity contribution >= 4 is 11.6 Å². The third kappa shape index (κ3) is 3.53. The highest BCUT2D eigenvalue weighted by molar-refractivity contribution is 5.79. The zero-order valence-corrected chi connectivity index (χ0v) is 15.9. The minimum Gasteiger partial charge on any atom is -0.369 e. The predicted molar refractivity (Wildman–Crippen MR) is 102 cm³/mol. The molecule has 0 aromatic heterocycles. The molecule has 144 valence electrons. The first-order chi connectivity index (χ1) is 13.1. The van der Waals surface area contributed by atoms with Crippen LogP contribution < -0.4 is 4.90 Å². The Morgan fingerprint density at radius 1 is 1.19 bits per heavy atom. The van der Waals surface area contributed by atoms with Gasteiger partial charge in [0.1, 0.15) is 5.82 Å². The molecule has 27 heavy (non-hydrogen) atoms. The van der Waals surface area contributed by atoms with Crippen LogP contribution in [0.25, 0.3) is 0 Å². The van der Waals surface area contributed by atoms with Crippen molar-refractivity contribution in [3.05, 3.63) is 29.6 Å². The molecule has 1 atom stereocenters. The van der Waals surface area contributed by atoms with Crippen LogP contribution >= 0.6 is 0 Å². The summed E-state index contributed by atoms with van der Waals surface area (Å²) in [7, 11) is 1.97. The number of anilines is 1. The number of carbonyl (C=O) groups is 1. The highest BCUT2D eigenvalue weighted by Gasteiger charge is 2.39. The number of nitrogens with zero attached hydrogens (tertiary/aromatic N) is 4. The Morgan fingerprint density at radius 3 is 2.44 bits per heavy atom. The lowest BCUT2D eigenvalue weighted by atomic mass is 9.82. The fraction of sp³-hybridized carbons (Fsp3) is 0.619. The van der Waals surface area contributed by atoms with Gasteiger partial charge in [0, 0.05) is 38.6 Å². The van der Waals surface area contributed by atoms with Gasteiger partial charge < -0.3 is 14.7 Å². The van der Waals surface area contributed by atoms with E-state index in [1.807, 2.05) is 22.9 Å². The van der Waals surface area contributed by atoms with E-state index in [2.05, 4.69) is 4.90 Å². The summed E-state index contributed by atoms with van der Waals surface area (Å²) in [5, 5.41) is 8.88. The fourth-order valence-electron chi connectivity index (χ4n) is 5.02. The topological polar surface area (TPSA) is 50.6 Å². The van der Waals surface area contributed by atoms with E-state index in [0.29, 0.717) is 36.3 Å². The van der Waals surface area contributed by atoms with E-state index < -0.39 is 0 Å². The molecule has 0 aliphatic carbocycles. The molecule has 1 aromatic carbocycles. The van der Waals surface area contributed by atoms with Crippen LogP contribution in [0.15, 0.2) is 18.2 Å². The van der Waals surface area contributed by atoms with Gasteiger partial charge in [-0.25, -0.2) is 4.39 Å². The number of amides is 1. The molecule has 0 N–H and O–H groups in total. The molecule has 4 heterocycles. The normalized spacial score (nSPS) is 28.0. The number of halogens is 1. The molecule has 6 heteroatoms. The van der Waals surface area contributed by atoms with Crippen molar-refractivity contribution in [1.29, 1.82) is 5.26 Å². The molecule has 1 unspecified atom stereocenters. The number of nitriles is 1. The summed E-state index contributed by atoms with van der Waals surface area (Å²) in [5.41, 5.74) is 0.867. The van der Waals surface area contributed by atoms with Crippen molar-refractivity contribution < 1.29 is 9.18 Å². The van der Waals surface area contributed by atoms with Gasteiger partial charge in [0.25, 0.3) is 0 Å². The first-order valence-electron chi connectivity index (χ1n) is 10.0. The summed E-state index contributed by atoms with van der Waals surface area (Å²) in [6.07, 6.45) is 3.92. The summed E-state index contributed by atoms with van der Waals surface area (Å²) >= 11 is 0. The molecule has 0 spiro atoms. The predicted octanol–water partition coefficient (Wildman–Crippen LogP) is 2.47. The van der Waals surface area contributed by atoms with Crippen molar-refractivity contribution in [1.82, 2.24) is 9.80 Å².